The minimum Gasteiger partial charge on any atom is -0.354 e. The molecule has 1 aromatic heterocycles. The summed E-state index contributed by atoms with van der Waals surface area (Å²) in [4.78, 5) is 19.1. The third-order valence-corrected chi connectivity index (χ3v) is 5.19. The van der Waals surface area contributed by atoms with E-state index in [1.54, 1.807) is 6.20 Å². The number of nitrogens with zero attached hydrogens (tertiary/aromatic N) is 2. The summed E-state index contributed by atoms with van der Waals surface area (Å²) >= 11 is 1.52. The number of anilines is 1. The SMILES string of the molecule is CCN(CNC(=O)C(Sc1ccccn1)C(C)C)c1ccccc1. The topological polar surface area (TPSA) is 45.2 Å². The lowest BCUT2D eigenvalue weighted by molar-refractivity contribution is -0.121. The minimum absolute atomic E-state index is 0.0510. The van der Waals surface area contributed by atoms with E-state index >= 15 is 0 Å². The molecule has 0 aliphatic rings. The van der Waals surface area contributed by atoms with Crippen LogP contribution in [0.25, 0.3) is 0 Å². The van der Waals surface area contributed by atoms with Gasteiger partial charge in [-0.25, -0.2) is 4.98 Å². The van der Waals surface area contributed by atoms with Gasteiger partial charge in [-0.3, -0.25) is 4.79 Å². The highest BCUT2D eigenvalue weighted by atomic mass is 32.2. The van der Waals surface area contributed by atoms with Crippen LogP contribution in [-0.4, -0.2) is 29.4 Å². The fraction of sp³-hybridized carbons (Fsp3) is 0.368. The fourth-order valence-corrected chi connectivity index (χ4v) is 3.34. The quantitative estimate of drug-likeness (QED) is 0.585. The molecule has 0 spiro atoms. The zero-order valence-corrected chi connectivity index (χ0v) is 15.3. The van der Waals surface area contributed by atoms with Gasteiger partial charge in [0.25, 0.3) is 0 Å². The fourth-order valence-electron chi connectivity index (χ4n) is 2.34. The Balaban J connectivity index is 1.97. The number of benzene rings is 1. The van der Waals surface area contributed by atoms with Gasteiger partial charge in [0.15, 0.2) is 0 Å². The highest BCUT2D eigenvalue weighted by molar-refractivity contribution is 8.00. The maximum absolute atomic E-state index is 12.7. The van der Waals surface area contributed by atoms with Gasteiger partial charge in [-0.15, -0.1) is 0 Å². The van der Waals surface area contributed by atoms with Crippen LogP contribution in [0.4, 0.5) is 5.69 Å². The molecule has 1 heterocycles. The molecule has 0 radical (unpaired) electrons. The summed E-state index contributed by atoms with van der Waals surface area (Å²) in [6.07, 6.45) is 1.76. The monoisotopic (exact) mass is 343 g/mol. The summed E-state index contributed by atoms with van der Waals surface area (Å²) < 4.78 is 0. The van der Waals surface area contributed by atoms with Gasteiger partial charge in [0.05, 0.1) is 16.9 Å². The second-order valence-electron chi connectivity index (χ2n) is 5.84. The normalized spacial score (nSPS) is 12.0. The first-order valence-corrected chi connectivity index (χ1v) is 9.15. The summed E-state index contributed by atoms with van der Waals surface area (Å²) in [5.41, 5.74) is 1.11. The number of rotatable bonds is 8. The van der Waals surface area contributed by atoms with Crippen molar-refractivity contribution < 1.29 is 4.79 Å². The molecule has 2 rings (SSSR count). The standard InChI is InChI=1S/C19H25N3OS/c1-4-22(16-10-6-5-7-11-16)14-21-19(23)18(15(2)3)24-17-12-8-9-13-20-17/h5-13,15,18H,4,14H2,1-3H3,(H,21,23). The van der Waals surface area contributed by atoms with Crippen molar-refractivity contribution in [3.8, 4) is 0 Å². The second kappa shape index (κ2) is 9.33. The molecule has 0 saturated carbocycles. The minimum atomic E-state index is -0.158. The molecule has 0 aliphatic carbocycles. The molecule has 1 aromatic carbocycles. The zero-order valence-electron chi connectivity index (χ0n) is 14.5. The van der Waals surface area contributed by atoms with Crippen molar-refractivity contribution in [1.29, 1.82) is 0 Å². The molecule has 128 valence electrons. The second-order valence-corrected chi connectivity index (χ2v) is 7.00. The van der Waals surface area contributed by atoms with Crippen LogP contribution in [-0.2, 0) is 4.79 Å². The van der Waals surface area contributed by atoms with Gasteiger partial charge in [0.2, 0.25) is 5.91 Å². The summed E-state index contributed by atoms with van der Waals surface area (Å²) in [5.74, 6) is 0.277. The lowest BCUT2D eigenvalue weighted by Crippen LogP contribution is -2.43. The summed E-state index contributed by atoms with van der Waals surface area (Å²) in [7, 11) is 0. The van der Waals surface area contributed by atoms with Gasteiger partial charge >= 0.3 is 0 Å². The van der Waals surface area contributed by atoms with E-state index < -0.39 is 0 Å². The number of carbonyl (C=O) groups is 1. The Morgan fingerprint density at radius 2 is 1.88 bits per heavy atom. The number of carbonyl (C=O) groups excluding carboxylic acids is 1. The Morgan fingerprint density at radius 1 is 1.17 bits per heavy atom. The average molecular weight is 343 g/mol. The van der Waals surface area contributed by atoms with Crippen LogP contribution in [0.5, 0.6) is 0 Å². The van der Waals surface area contributed by atoms with Crippen LogP contribution < -0.4 is 10.2 Å². The molecule has 1 unspecified atom stereocenters. The van der Waals surface area contributed by atoms with Gasteiger partial charge in [-0.05, 0) is 37.1 Å². The predicted octanol–water partition coefficient (Wildman–Crippen LogP) is 3.80. The smallest absolute Gasteiger partial charge is 0.235 e. The van der Waals surface area contributed by atoms with E-state index in [-0.39, 0.29) is 17.1 Å². The highest BCUT2D eigenvalue weighted by Gasteiger charge is 2.24. The van der Waals surface area contributed by atoms with Crippen LogP contribution in [0.15, 0.2) is 59.8 Å². The molecule has 1 atom stereocenters. The Kier molecular flexibility index (Phi) is 7.12. The lowest BCUT2D eigenvalue weighted by Gasteiger charge is -2.26. The first kappa shape index (κ1) is 18.3. The lowest BCUT2D eigenvalue weighted by atomic mass is 10.1. The number of hydrogen-bond donors (Lipinski definition) is 1. The van der Waals surface area contributed by atoms with E-state index in [1.165, 1.54) is 11.8 Å². The highest BCUT2D eigenvalue weighted by Crippen LogP contribution is 2.26. The number of amides is 1. The van der Waals surface area contributed by atoms with E-state index in [2.05, 4.69) is 48.1 Å². The zero-order chi connectivity index (χ0) is 17.4. The Labute approximate surface area is 148 Å². The molecular formula is C19H25N3OS. The number of pyridine rings is 1. The molecule has 4 nitrogen and oxygen atoms in total. The summed E-state index contributed by atoms with van der Waals surface area (Å²) in [6, 6.07) is 15.9. The van der Waals surface area contributed by atoms with Crippen LogP contribution in [0.3, 0.4) is 0 Å². The van der Waals surface area contributed by atoms with Crippen molar-refractivity contribution in [2.75, 3.05) is 18.1 Å². The number of para-hydroxylation sites is 1. The number of aromatic nitrogens is 1. The summed E-state index contributed by atoms with van der Waals surface area (Å²) in [6.45, 7) is 7.56. The van der Waals surface area contributed by atoms with Crippen LogP contribution in [0, 0.1) is 5.92 Å². The van der Waals surface area contributed by atoms with Gasteiger partial charge in [0, 0.05) is 18.4 Å². The van der Waals surface area contributed by atoms with E-state index in [9.17, 15) is 4.79 Å². The Hall–Kier alpha value is -2.01. The van der Waals surface area contributed by atoms with E-state index in [1.807, 2.05) is 36.4 Å². The van der Waals surface area contributed by atoms with Crippen molar-refractivity contribution in [3.05, 3.63) is 54.7 Å². The van der Waals surface area contributed by atoms with Crippen LogP contribution >= 0.6 is 11.8 Å². The average Bonchev–Trinajstić information content (AvgIpc) is 2.61. The van der Waals surface area contributed by atoms with Crippen molar-refractivity contribution in [3.63, 3.8) is 0 Å². The molecule has 5 heteroatoms. The molecule has 0 fully saturated rings. The van der Waals surface area contributed by atoms with Crippen molar-refractivity contribution in [2.45, 2.75) is 31.0 Å². The summed E-state index contributed by atoms with van der Waals surface area (Å²) in [5, 5.41) is 3.79. The van der Waals surface area contributed by atoms with Crippen molar-refractivity contribution in [2.24, 2.45) is 5.92 Å². The largest absolute Gasteiger partial charge is 0.354 e. The number of thioether (sulfide) groups is 1. The molecule has 2 aromatic rings. The van der Waals surface area contributed by atoms with Gasteiger partial charge in [-0.1, -0.05) is 49.9 Å². The van der Waals surface area contributed by atoms with Crippen LogP contribution in [0.2, 0.25) is 0 Å². The number of hydrogen-bond acceptors (Lipinski definition) is 4. The maximum Gasteiger partial charge on any atom is 0.235 e. The Morgan fingerprint density at radius 3 is 2.46 bits per heavy atom. The van der Waals surface area contributed by atoms with E-state index in [0.717, 1.165) is 17.3 Å². The molecule has 1 amide bonds. The first-order valence-electron chi connectivity index (χ1n) is 8.27. The third kappa shape index (κ3) is 5.27. The predicted molar refractivity (Wildman–Crippen MR) is 101 cm³/mol. The molecular weight excluding hydrogens is 318 g/mol. The molecule has 24 heavy (non-hydrogen) atoms. The molecule has 0 bridgehead atoms. The van der Waals surface area contributed by atoms with Gasteiger partial charge < -0.3 is 10.2 Å². The van der Waals surface area contributed by atoms with Gasteiger partial charge in [-0.2, -0.15) is 0 Å². The molecule has 0 aliphatic heterocycles. The number of nitrogens with one attached hydrogen (secondary N) is 1. The maximum atomic E-state index is 12.7. The molecule has 1 N–H and O–H groups in total. The first-order chi connectivity index (χ1) is 11.6. The van der Waals surface area contributed by atoms with E-state index in [4.69, 9.17) is 0 Å². The van der Waals surface area contributed by atoms with Crippen molar-refractivity contribution >= 4 is 23.4 Å². The van der Waals surface area contributed by atoms with Crippen molar-refractivity contribution in [1.82, 2.24) is 10.3 Å². The molecule has 0 saturated heterocycles. The third-order valence-electron chi connectivity index (χ3n) is 3.70. The van der Waals surface area contributed by atoms with Gasteiger partial charge in [0.1, 0.15) is 0 Å². The Bertz CT molecular complexity index is 619. The van der Waals surface area contributed by atoms with Crippen LogP contribution in [0.1, 0.15) is 20.8 Å². The van der Waals surface area contributed by atoms with E-state index in [0.29, 0.717) is 6.67 Å².